The van der Waals surface area contributed by atoms with Crippen LogP contribution in [-0.4, -0.2) is 23.0 Å². The molecule has 1 heterocycles. The average molecular weight is 297 g/mol. The Bertz CT molecular complexity index is 645. The minimum atomic E-state index is -0.579. The maximum absolute atomic E-state index is 11.5. The van der Waals surface area contributed by atoms with Crippen molar-refractivity contribution in [2.75, 3.05) is 7.11 Å². The van der Waals surface area contributed by atoms with Gasteiger partial charge in [0.2, 0.25) is 5.82 Å². The topological polar surface area (TPSA) is 52.1 Å². The Morgan fingerprint density at radius 3 is 2.53 bits per heavy atom. The first-order chi connectivity index (χ1) is 9.01. The van der Waals surface area contributed by atoms with E-state index in [4.69, 9.17) is 23.2 Å². The van der Waals surface area contributed by atoms with Crippen LogP contribution in [0.4, 0.5) is 0 Å². The Morgan fingerprint density at radius 1 is 1.16 bits per heavy atom. The van der Waals surface area contributed by atoms with Crippen LogP contribution < -0.4 is 0 Å². The first-order valence-electron chi connectivity index (χ1n) is 5.40. The fraction of sp³-hybridized carbons (Fsp3) is 0.154. The number of hydrogen-bond donors (Lipinski definition) is 0. The van der Waals surface area contributed by atoms with Crippen molar-refractivity contribution >= 4 is 29.2 Å². The van der Waals surface area contributed by atoms with Gasteiger partial charge < -0.3 is 4.74 Å². The molecule has 2 rings (SSSR count). The highest BCUT2D eigenvalue weighted by Gasteiger charge is 2.13. The monoisotopic (exact) mass is 296 g/mol. The minimum Gasteiger partial charge on any atom is -0.463 e. The van der Waals surface area contributed by atoms with Gasteiger partial charge in [-0.15, -0.1) is 0 Å². The summed E-state index contributed by atoms with van der Waals surface area (Å²) >= 11 is 11.8. The van der Waals surface area contributed by atoms with Crippen molar-refractivity contribution in [1.82, 2.24) is 9.97 Å². The number of halogens is 2. The molecular weight excluding hydrogens is 287 g/mol. The van der Waals surface area contributed by atoms with E-state index < -0.39 is 5.97 Å². The van der Waals surface area contributed by atoms with E-state index in [0.717, 1.165) is 5.56 Å². The zero-order valence-corrected chi connectivity index (χ0v) is 11.8. The van der Waals surface area contributed by atoms with Crippen LogP contribution in [0.2, 0.25) is 10.0 Å². The van der Waals surface area contributed by atoms with Gasteiger partial charge in [0.1, 0.15) is 0 Å². The van der Waals surface area contributed by atoms with Gasteiger partial charge in [-0.25, -0.2) is 14.8 Å². The Balaban J connectivity index is 2.52. The lowest BCUT2D eigenvalue weighted by atomic mass is 10.1. The molecule has 0 N–H and O–H groups in total. The number of methoxy groups -OCH3 is 1. The molecule has 4 nitrogen and oxygen atoms in total. The van der Waals surface area contributed by atoms with Gasteiger partial charge in [-0.2, -0.15) is 0 Å². The summed E-state index contributed by atoms with van der Waals surface area (Å²) in [5.41, 5.74) is 2.01. The van der Waals surface area contributed by atoms with E-state index >= 15 is 0 Å². The molecule has 0 aliphatic carbocycles. The molecule has 1 aromatic heterocycles. The fourth-order valence-electron chi connectivity index (χ4n) is 1.55. The third-order valence-corrected chi connectivity index (χ3v) is 3.18. The Labute approximate surface area is 120 Å². The van der Waals surface area contributed by atoms with Crippen LogP contribution in [0, 0.1) is 6.92 Å². The number of aryl methyl sites for hydroxylation is 1. The number of carbonyl (C=O) groups is 1. The van der Waals surface area contributed by atoms with Crippen molar-refractivity contribution in [1.29, 1.82) is 0 Å². The number of aromatic nitrogens is 2. The molecule has 0 aliphatic heterocycles. The summed E-state index contributed by atoms with van der Waals surface area (Å²) in [4.78, 5) is 19.7. The van der Waals surface area contributed by atoms with Crippen molar-refractivity contribution in [2.45, 2.75) is 6.92 Å². The van der Waals surface area contributed by atoms with Crippen LogP contribution >= 0.6 is 23.2 Å². The Hall–Kier alpha value is -1.65. The molecule has 19 heavy (non-hydrogen) atoms. The highest BCUT2D eigenvalue weighted by Crippen LogP contribution is 2.27. The first kappa shape index (κ1) is 13.8. The number of hydrogen-bond acceptors (Lipinski definition) is 4. The summed E-state index contributed by atoms with van der Waals surface area (Å²) in [5, 5.41) is 0.888. The molecule has 0 unspecified atom stereocenters. The third kappa shape index (κ3) is 3.03. The van der Waals surface area contributed by atoms with Crippen LogP contribution in [0.25, 0.3) is 11.3 Å². The molecule has 0 bridgehead atoms. The molecule has 0 saturated carbocycles. The SMILES string of the molecule is COC(=O)c1nc(C)cc(-c2ccc(Cl)c(Cl)c2)n1. The quantitative estimate of drug-likeness (QED) is 0.795. The number of ether oxygens (including phenoxy) is 1. The van der Waals surface area contributed by atoms with E-state index in [9.17, 15) is 4.79 Å². The van der Waals surface area contributed by atoms with E-state index in [2.05, 4.69) is 14.7 Å². The maximum atomic E-state index is 11.5. The lowest BCUT2D eigenvalue weighted by Gasteiger charge is -2.06. The predicted octanol–water partition coefficient (Wildman–Crippen LogP) is 3.55. The first-order valence-corrected chi connectivity index (χ1v) is 6.16. The van der Waals surface area contributed by atoms with Gasteiger partial charge >= 0.3 is 5.97 Å². The molecule has 6 heteroatoms. The van der Waals surface area contributed by atoms with Crippen molar-refractivity contribution in [3.8, 4) is 11.3 Å². The lowest BCUT2D eigenvalue weighted by molar-refractivity contribution is 0.0586. The smallest absolute Gasteiger partial charge is 0.376 e. The number of carbonyl (C=O) groups excluding carboxylic acids is 1. The normalized spacial score (nSPS) is 10.3. The molecule has 0 aliphatic rings. The number of rotatable bonds is 2. The molecule has 0 spiro atoms. The van der Waals surface area contributed by atoms with Crippen LogP contribution in [0.3, 0.4) is 0 Å². The molecular formula is C13H10Cl2N2O2. The second kappa shape index (κ2) is 5.55. The Kier molecular flexibility index (Phi) is 4.02. The van der Waals surface area contributed by atoms with E-state index in [1.54, 1.807) is 31.2 Å². The van der Waals surface area contributed by atoms with Gasteiger partial charge in [0.25, 0.3) is 0 Å². The molecule has 0 fully saturated rings. The summed E-state index contributed by atoms with van der Waals surface area (Å²) in [6.45, 7) is 1.77. The highest BCUT2D eigenvalue weighted by atomic mass is 35.5. The number of nitrogens with zero attached hydrogens (tertiary/aromatic N) is 2. The lowest BCUT2D eigenvalue weighted by Crippen LogP contribution is -2.09. The second-order valence-electron chi connectivity index (χ2n) is 3.84. The standard InChI is InChI=1S/C13H10Cl2N2O2/c1-7-5-11(17-12(16-7)13(18)19-2)8-3-4-9(14)10(15)6-8/h3-6H,1-2H3. The van der Waals surface area contributed by atoms with Gasteiger partial charge in [-0.1, -0.05) is 29.3 Å². The van der Waals surface area contributed by atoms with Crippen LogP contribution in [0.15, 0.2) is 24.3 Å². The van der Waals surface area contributed by atoms with Crippen molar-refractivity contribution in [3.63, 3.8) is 0 Å². The molecule has 0 atom stereocenters. The largest absolute Gasteiger partial charge is 0.463 e. The third-order valence-electron chi connectivity index (χ3n) is 2.44. The van der Waals surface area contributed by atoms with E-state index in [-0.39, 0.29) is 5.82 Å². The van der Waals surface area contributed by atoms with Gasteiger partial charge in [-0.3, -0.25) is 0 Å². The van der Waals surface area contributed by atoms with Crippen molar-refractivity contribution in [2.24, 2.45) is 0 Å². The summed E-state index contributed by atoms with van der Waals surface area (Å²) in [6, 6.07) is 6.89. The van der Waals surface area contributed by atoms with Gasteiger partial charge in [0, 0.05) is 11.3 Å². The van der Waals surface area contributed by atoms with E-state index in [0.29, 0.717) is 21.4 Å². The number of esters is 1. The van der Waals surface area contributed by atoms with E-state index in [1.165, 1.54) is 7.11 Å². The summed E-state index contributed by atoms with van der Waals surface area (Å²) in [5.74, 6) is -0.561. The highest BCUT2D eigenvalue weighted by molar-refractivity contribution is 6.42. The molecule has 0 amide bonds. The van der Waals surface area contributed by atoms with Gasteiger partial charge in [-0.05, 0) is 25.1 Å². The maximum Gasteiger partial charge on any atom is 0.376 e. The van der Waals surface area contributed by atoms with Crippen LogP contribution in [0.1, 0.15) is 16.3 Å². The fourth-order valence-corrected chi connectivity index (χ4v) is 1.85. The average Bonchev–Trinajstić information content (AvgIpc) is 2.40. The molecule has 0 saturated heterocycles. The zero-order chi connectivity index (χ0) is 14.0. The van der Waals surface area contributed by atoms with Crippen LogP contribution in [0.5, 0.6) is 0 Å². The van der Waals surface area contributed by atoms with Gasteiger partial charge in [0.05, 0.1) is 22.8 Å². The molecule has 0 radical (unpaired) electrons. The summed E-state index contributed by atoms with van der Waals surface area (Å²) in [7, 11) is 1.28. The molecule has 1 aromatic carbocycles. The summed E-state index contributed by atoms with van der Waals surface area (Å²) < 4.78 is 4.61. The van der Waals surface area contributed by atoms with Crippen molar-refractivity contribution in [3.05, 3.63) is 45.8 Å². The Morgan fingerprint density at radius 2 is 1.89 bits per heavy atom. The van der Waals surface area contributed by atoms with E-state index in [1.807, 2.05) is 0 Å². The molecule has 98 valence electrons. The van der Waals surface area contributed by atoms with Gasteiger partial charge in [0.15, 0.2) is 0 Å². The second-order valence-corrected chi connectivity index (χ2v) is 4.65. The van der Waals surface area contributed by atoms with Crippen LogP contribution in [-0.2, 0) is 4.74 Å². The molecule has 2 aromatic rings. The number of benzene rings is 1. The zero-order valence-electron chi connectivity index (χ0n) is 10.3. The summed E-state index contributed by atoms with van der Waals surface area (Å²) in [6.07, 6.45) is 0. The predicted molar refractivity (Wildman–Crippen MR) is 73.6 cm³/mol. The van der Waals surface area contributed by atoms with Crippen molar-refractivity contribution < 1.29 is 9.53 Å². The minimum absolute atomic E-state index is 0.0172.